The van der Waals surface area contributed by atoms with Gasteiger partial charge in [-0.15, -0.1) is 0 Å². The number of nitrogens with one attached hydrogen (secondary N) is 2. The molecule has 2 atom stereocenters. The van der Waals surface area contributed by atoms with Crippen molar-refractivity contribution in [2.24, 2.45) is 0 Å². The molecule has 2 saturated heterocycles. The number of piperazine rings is 1. The van der Waals surface area contributed by atoms with Gasteiger partial charge in [0.1, 0.15) is 23.7 Å². The van der Waals surface area contributed by atoms with Crippen LogP contribution in [-0.4, -0.2) is 102 Å². The van der Waals surface area contributed by atoms with Crippen LogP contribution in [0, 0.1) is 11.6 Å². The predicted octanol–water partition coefficient (Wildman–Crippen LogP) is 1.38. The fourth-order valence-electron chi connectivity index (χ4n) is 5.05. The van der Waals surface area contributed by atoms with Crippen molar-refractivity contribution < 1.29 is 32.6 Å². The standard InChI is InChI=1S/C27H32F2N8O5/c1-3-41-27(40)31-15-22-37(11-12-42-22)18-13-19(28)23(20(29)14-18)34-7-9-35(10-8-34)25(39)17(2)32-24(38)21-16-36-6-4-5-30-26(36)33-21/h4-6,13-14,16-17,22H,3,7-12,15H2,1-2H3,(H,31,40)(H,32,38)/t17?,22-/m0/s1. The monoisotopic (exact) mass is 586 g/mol. The minimum atomic E-state index is -0.830. The van der Waals surface area contributed by atoms with E-state index in [1.807, 2.05) is 0 Å². The van der Waals surface area contributed by atoms with E-state index in [0.717, 1.165) is 0 Å². The Hall–Kier alpha value is -4.53. The number of alkyl carbamates (subject to hydrolysis) is 1. The summed E-state index contributed by atoms with van der Waals surface area (Å²) >= 11 is 0. The summed E-state index contributed by atoms with van der Waals surface area (Å²) in [6, 6.07) is 3.37. The molecule has 1 unspecified atom stereocenters. The maximum Gasteiger partial charge on any atom is 0.407 e. The summed E-state index contributed by atoms with van der Waals surface area (Å²) in [7, 11) is 0. The maximum absolute atomic E-state index is 15.3. The number of carbonyl (C=O) groups excluding carboxylic acids is 3. The topological polar surface area (TPSA) is 134 Å². The van der Waals surface area contributed by atoms with Crippen molar-refractivity contribution in [3.05, 3.63) is 54.1 Å². The zero-order chi connectivity index (χ0) is 29.8. The quantitative estimate of drug-likeness (QED) is 0.402. The van der Waals surface area contributed by atoms with Crippen LogP contribution in [0.2, 0.25) is 0 Å². The lowest BCUT2D eigenvalue weighted by atomic mass is 10.1. The van der Waals surface area contributed by atoms with Gasteiger partial charge < -0.3 is 34.8 Å². The molecule has 42 heavy (non-hydrogen) atoms. The lowest BCUT2D eigenvalue weighted by molar-refractivity contribution is -0.133. The molecule has 1 aromatic carbocycles. The van der Waals surface area contributed by atoms with Crippen molar-refractivity contribution >= 4 is 35.1 Å². The Balaban J connectivity index is 1.17. The van der Waals surface area contributed by atoms with Crippen LogP contribution in [0.4, 0.5) is 25.0 Å². The summed E-state index contributed by atoms with van der Waals surface area (Å²) < 4.78 is 42.6. The van der Waals surface area contributed by atoms with Crippen molar-refractivity contribution in [2.75, 3.05) is 62.3 Å². The number of fused-ring (bicyclic) bond motifs is 1. The minimum absolute atomic E-state index is 0.0921. The summed E-state index contributed by atoms with van der Waals surface area (Å²) in [5, 5.41) is 5.24. The third-order valence-electron chi connectivity index (χ3n) is 7.11. The molecule has 15 heteroatoms. The Labute approximate surface area is 240 Å². The lowest BCUT2D eigenvalue weighted by Gasteiger charge is -2.37. The van der Waals surface area contributed by atoms with Crippen LogP contribution in [0.15, 0.2) is 36.8 Å². The van der Waals surface area contributed by atoms with Gasteiger partial charge in [0, 0.05) is 57.0 Å². The molecule has 2 aliphatic rings. The van der Waals surface area contributed by atoms with Gasteiger partial charge in [-0.1, -0.05) is 0 Å². The van der Waals surface area contributed by atoms with Crippen LogP contribution in [-0.2, 0) is 14.3 Å². The number of hydrogen-bond acceptors (Lipinski definition) is 9. The number of benzene rings is 1. The molecular weight excluding hydrogens is 554 g/mol. The van der Waals surface area contributed by atoms with Gasteiger partial charge in [0.15, 0.2) is 11.6 Å². The van der Waals surface area contributed by atoms with Gasteiger partial charge in [0.2, 0.25) is 11.7 Å². The molecule has 0 saturated carbocycles. The molecule has 4 heterocycles. The van der Waals surface area contributed by atoms with Crippen LogP contribution < -0.4 is 20.4 Å². The summed E-state index contributed by atoms with van der Waals surface area (Å²) in [4.78, 5) is 50.3. The minimum Gasteiger partial charge on any atom is -0.450 e. The van der Waals surface area contributed by atoms with E-state index in [1.54, 1.807) is 51.4 Å². The van der Waals surface area contributed by atoms with Crippen molar-refractivity contribution in [3.63, 3.8) is 0 Å². The smallest absolute Gasteiger partial charge is 0.407 e. The second kappa shape index (κ2) is 12.5. The lowest BCUT2D eigenvalue weighted by Crippen LogP contribution is -2.54. The molecule has 0 aliphatic carbocycles. The number of amides is 3. The largest absolute Gasteiger partial charge is 0.450 e. The average molecular weight is 587 g/mol. The Kier molecular flexibility index (Phi) is 8.66. The molecule has 224 valence electrons. The highest BCUT2D eigenvalue weighted by atomic mass is 19.1. The van der Waals surface area contributed by atoms with Crippen molar-refractivity contribution in [3.8, 4) is 0 Å². The van der Waals surface area contributed by atoms with E-state index in [4.69, 9.17) is 9.47 Å². The van der Waals surface area contributed by atoms with E-state index in [0.29, 0.717) is 24.6 Å². The second-order valence-corrected chi connectivity index (χ2v) is 9.84. The number of imidazole rings is 1. The Morgan fingerprint density at radius 2 is 1.88 bits per heavy atom. The van der Waals surface area contributed by atoms with Crippen LogP contribution in [0.3, 0.4) is 0 Å². The van der Waals surface area contributed by atoms with Gasteiger partial charge >= 0.3 is 6.09 Å². The van der Waals surface area contributed by atoms with Crippen molar-refractivity contribution in [1.82, 2.24) is 29.9 Å². The number of halogens is 2. The van der Waals surface area contributed by atoms with Gasteiger partial charge in [0.05, 0.1) is 19.8 Å². The summed E-state index contributed by atoms with van der Waals surface area (Å²) in [5.41, 5.74) is 0.255. The fourth-order valence-corrected chi connectivity index (χ4v) is 5.05. The van der Waals surface area contributed by atoms with Crippen molar-refractivity contribution in [2.45, 2.75) is 26.1 Å². The highest BCUT2D eigenvalue weighted by Crippen LogP contribution is 2.31. The first-order valence-corrected chi connectivity index (χ1v) is 13.7. The van der Waals surface area contributed by atoms with Crippen LogP contribution in [0.25, 0.3) is 5.78 Å². The molecule has 5 rings (SSSR count). The van der Waals surface area contributed by atoms with E-state index < -0.39 is 35.9 Å². The third kappa shape index (κ3) is 6.20. The second-order valence-electron chi connectivity index (χ2n) is 9.84. The number of anilines is 2. The number of rotatable bonds is 8. The summed E-state index contributed by atoms with van der Waals surface area (Å²) in [5.74, 6) is -1.93. The zero-order valence-electron chi connectivity index (χ0n) is 23.3. The molecule has 0 spiro atoms. The van der Waals surface area contributed by atoms with Gasteiger partial charge in [-0.3, -0.25) is 14.0 Å². The van der Waals surface area contributed by atoms with Crippen LogP contribution in [0.5, 0.6) is 0 Å². The molecule has 0 radical (unpaired) electrons. The molecule has 2 fully saturated rings. The molecule has 13 nitrogen and oxygen atoms in total. The van der Waals surface area contributed by atoms with E-state index in [2.05, 4.69) is 20.6 Å². The summed E-state index contributed by atoms with van der Waals surface area (Å²) in [6.07, 6.45) is 3.61. The fraction of sp³-hybridized carbons (Fsp3) is 0.444. The van der Waals surface area contributed by atoms with Crippen LogP contribution >= 0.6 is 0 Å². The SMILES string of the molecule is CCOC(=O)NC[C@@H]1OCCN1c1cc(F)c(N2CCN(C(=O)C(C)NC(=O)c3cn4cccnc4n3)CC2)c(F)c1. The molecule has 3 amide bonds. The molecule has 2 aliphatic heterocycles. The maximum atomic E-state index is 15.3. The number of aromatic nitrogens is 3. The Morgan fingerprint density at radius 3 is 2.57 bits per heavy atom. The number of nitrogens with zero attached hydrogens (tertiary/aromatic N) is 6. The van der Waals surface area contributed by atoms with E-state index >= 15 is 8.78 Å². The van der Waals surface area contributed by atoms with Gasteiger partial charge in [0.25, 0.3) is 5.91 Å². The number of ether oxygens (including phenoxy) is 2. The average Bonchev–Trinajstić information content (AvgIpc) is 3.63. The molecule has 3 aromatic rings. The third-order valence-corrected chi connectivity index (χ3v) is 7.11. The van der Waals surface area contributed by atoms with Gasteiger partial charge in [-0.25, -0.2) is 23.5 Å². The van der Waals surface area contributed by atoms with Crippen LogP contribution in [0.1, 0.15) is 24.3 Å². The molecule has 2 N–H and O–H groups in total. The first kappa shape index (κ1) is 29.0. The zero-order valence-corrected chi connectivity index (χ0v) is 23.3. The highest BCUT2D eigenvalue weighted by molar-refractivity contribution is 5.96. The number of hydrogen-bond donors (Lipinski definition) is 2. The molecule has 0 bridgehead atoms. The van der Waals surface area contributed by atoms with Gasteiger partial charge in [-0.05, 0) is 32.0 Å². The first-order valence-electron chi connectivity index (χ1n) is 13.7. The Morgan fingerprint density at radius 1 is 1.14 bits per heavy atom. The predicted molar refractivity (Wildman–Crippen MR) is 147 cm³/mol. The van der Waals surface area contributed by atoms with E-state index in [9.17, 15) is 14.4 Å². The molecular formula is C27H32F2N8O5. The van der Waals surface area contributed by atoms with Gasteiger partial charge in [-0.2, -0.15) is 0 Å². The normalized spacial score (nSPS) is 17.8. The Bertz CT molecular complexity index is 1410. The van der Waals surface area contributed by atoms with E-state index in [1.165, 1.54) is 18.3 Å². The summed E-state index contributed by atoms with van der Waals surface area (Å²) in [6.45, 7) is 5.17. The van der Waals surface area contributed by atoms with Crippen molar-refractivity contribution in [1.29, 1.82) is 0 Å². The number of carbonyl (C=O) groups is 3. The highest BCUT2D eigenvalue weighted by Gasteiger charge is 2.31. The first-order chi connectivity index (χ1) is 20.2. The van der Waals surface area contributed by atoms with E-state index in [-0.39, 0.29) is 56.6 Å². The molecule has 2 aromatic heterocycles.